The van der Waals surface area contributed by atoms with E-state index < -0.39 is 0 Å². The lowest BCUT2D eigenvalue weighted by molar-refractivity contribution is -0.108. The van der Waals surface area contributed by atoms with Gasteiger partial charge in [0.1, 0.15) is 6.29 Å². The molecule has 3 heteroatoms. The average Bonchev–Trinajstić information content (AvgIpc) is 2.17. The maximum absolute atomic E-state index is 9.71. The molecule has 0 heterocycles. The largest absolute Gasteiger partial charge is 0.393 e. The Bertz CT molecular complexity index is 192. The molecular formula is C13H27NO2. The molecule has 16 heavy (non-hydrogen) atoms. The highest BCUT2D eigenvalue weighted by Crippen LogP contribution is 2.33. The van der Waals surface area contributed by atoms with Crippen LogP contribution < -0.4 is 5.73 Å². The summed E-state index contributed by atoms with van der Waals surface area (Å²) in [7, 11) is 0. The molecule has 3 nitrogen and oxygen atoms in total. The van der Waals surface area contributed by atoms with Gasteiger partial charge in [0.25, 0.3) is 0 Å². The molecule has 4 atom stereocenters. The summed E-state index contributed by atoms with van der Waals surface area (Å²) in [5.41, 5.74) is 4.92. The van der Waals surface area contributed by atoms with E-state index in [-0.39, 0.29) is 12.1 Å². The quantitative estimate of drug-likeness (QED) is 0.712. The van der Waals surface area contributed by atoms with E-state index >= 15 is 0 Å². The van der Waals surface area contributed by atoms with Crippen LogP contribution in [0.15, 0.2) is 0 Å². The van der Waals surface area contributed by atoms with Crippen molar-refractivity contribution < 1.29 is 9.90 Å². The molecular weight excluding hydrogens is 202 g/mol. The van der Waals surface area contributed by atoms with Crippen molar-refractivity contribution in [1.29, 1.82) is 0 Å². The number of aliphatic hydroxyl groups excluding tert-OH is 1. The molecule has 1 saturated carbocycles. The third-order valence-electron chi connectivity index (χ3n) is 3.20. The second-order valence-electron chi connectivity index (χ2n) is 5.39. The van der Waals surface area contributed by atoms with Crippen molar-refractivity contribution >= 4 is 6.29 Å². The highest BCUT2D eigenvalue weighted by atomic mass is 16.3. The van der Waals surface area contributed by atoms with E-state index in [4.69, 9.17) is 5.73 Å². The zero-order valence-corrected chi connectivity index (χ0v) is 11.0. The summed E-state index contributed by atoms with van der Waals surface area (Å²) in [5, 5.41) is 9.71. The van der Waals surface area contributed by atoms with Crippen LogP contribution >= 0.6 is 0 Å². The molecule has 0 aliphatic heterocycles. The van der Waals surface area contributed by atoms with Crippen LogP contribution in [0.2, 0.25) is 0 Å². The summed E-state index contributed by atoms with van der Waals surface area (Å²) >= 11 is 0. The van der Waals surface area contributed by atoms with Gasteiger partial charge >= 0.3 is 0 Å². The Balaban J connectivity index is 0.000000385. The normalized spacial score (nSPS) is 31.6. The summed E-state index contributed by atoms with van der Waals surface area (Å²) in [4.78, 5) is 9.38. The van der Waals surface area contributed by atoms with E-state index in [1.54, 1.807) is 6.92 Å². The van der Waals surface area contributed by atoms with Gasteiger partial charge < -0.3 is 15.6 Å². The second-order valence-corrected chi connectivity index (χ2v) is 5.39. The van der Waals surface area contributed by atoms with Gasteiger partial charge in [-0.1, -0.05) is 27.2 Å². The Kier molecular flexibility index (Phi) is 7.60. The Hall–Kier alpha value is -0.410. The molecule has 0 saturated heterocycles. The number of hydrogen-bond acceptors (Lipinski definition) is 3. The highest BCUT2D eigenvalue weighted by molar-refractivity contribution is 5.55. The summed E-state index contributed by atoms with van der Waals surface area (Å²) in [6, 6.07) is -0.296. The lowest BCUT2D eigenvalue weighted by atomic mass is 9.75. The molecule has 4 unspecified atom stereocenters. The molecule has 96 valence electrons. The van der Waals surface area contributed by atoms with Gasteiger partial charge in [0, 0.05) is 0 Å². The fraction of sp³-hybridized carbons (Fsp3) is 0.923. The minimum Gasteiger partial charge on any atom is -0.393 e. The average molecular weight is 229 g/mol. The summed E-state index contributed by atoms with van der Waals surface area (Å²) in [5.74, 6) is 1.95. The number of aliphatic hydroxyl groups is 1. The zero-order chi connectivity index (χ0) is 12.7. The minimum absolute atomic E-state index is 0.0289. The first-order chi connectivity index (χ1) is 7.38. The summed E-state index contributed by atoms with van der Waals surface area (Å²) in [6.45, 7) is 8.29. The van der Waals surface area contributed by atoms with Gasteiger partial charge in [0.2, 0.25) is 0 Å². The van der Waals surface area contributed by atoms with Crippen molar-refractivity contribution in [2.45, 2.75) is 59.1 Å². The standard InChI is InChI=1S/C10H20O.C3H7NO/c1-7(2)9-5-4-8(3)6-10(9)11;1-3(4)2-5/h7-11H,4-6H2,1-3H3;2-3H,4H2,1H3. The molecule has 0 aromatic rings. The van der Waals surface area contributed by atoms with Gasteiger partial charge in [0.15, 0.2) is 0 Å². The lowest BCUT2D eigenvalue weighted by Crippen LogP contribution is -2.31. The van der Waals surface area contributed by atoms with Gasteiger partial charge in [-0.3, -0.25) is 0 Å². The molecule has 0 aromatic carbocycles. The van der Waals surface area contributed by atoms with E-state index in [9.17, 15) is 9.90 Å². The van der Waals surface area contributed by atoms with E-state index in [1.165, 1.54) is 12.8 Å². The number of aldehydes is 1. The van der Waals surface area contributed by atoms with Gasteiger partial charge in [-0.2, -0.15) is 0 Å². The second kappa shape index (κ2) is 7.80. The van der Waals surface area contributed by atoms with Gasteiger partial charge in [-0.05, 0) is 37.5 Å². The maximum Gasteiger partial charge on any atom is 0.136 e. The fourth-order valence-corrected chi connectivity index (χ4v) is 2.15. The zero-order valence-electron chi connectivity index (χ0n) is 11.0. The monoisotopic (exact) mass is 229 g/mol. The number of rotatable bonds is 2. The number of hydrogen-bond donors (Lipinski definition) is 2. The van der Waals surface area contributed by atoms with E-state index in [1.807, 2.05) is 0 Å². The molecule has 1 fully saturated rings. The summed E-state index contributed by atoms with van der Waals surface area (Å²) in [6.07, 6.45) is 4.21. The first-order valence-corrected chi connectivity index (χ1v) is 6.27. The van der Waals surface area contributed by atoms with Crippen LogP contribution in [-0.4, -0.2) is 23.5 Å². The minimum atomic E-state index is -0.296. The number of nitrogens with two attached hydrogens (primary N) is 1. The first kappa shape index (κ1) is 15.6. The highest BCUT2D eigenvalue weighted by Gasteiger charge is 2.28. The van der Waals surface area contributed by atoms with Gasteiger partial charge in [-0.15, -0.1) is 0 Å². The van der Waals surface area contributed by atoms with Crippen LogP contribution in [0.1, 0.15) is 47.0 Å². The number of carbonyl (C=O) groups excluding carboxylic acids is 1. The van der Waals surface area contributed by atoms with Crippen LogP contribution in [0.4, 0.5) is 0 Å². The van der Waals surface area contributed by atoms with Crippen LogP contribution in [0.5, 0.6) is 0 Å². The Morgan fingerprint density at radius 2 is 1.81 bits per heavy atom. The van der Waals surface area contributed by atoms with Crippen LogP contribution in [-0.2, 0) is 4.79 Å². The maximum atomic E-state index is 9.71. The topological polar surface area (TPSA) is 63.3 Å². The van der Waals surface area contributed by atoms with Crippen molar-refractivity contribution in [2.24, 2.45) is 23.5 Å². The molecule has 1 rings (SSSR count). The van der Waals surface area contributed by atoms with Gasteiger partial charge in [-0.25, -0.2) is 0 Å². The molecule has 0 bridgehead atoms. The Morgan fingerprint density at radius 3 is 2.12 bits per heavy atom. The molecule has 0 amide bonds. The van der Waals surface area contributed by atoms with Crippen LogP contribution in [0.3, 0.4) is 0 Å². The SMILES string of the molecule is CC(N)C=O.CC1CCC(C(C)C)C(O)C1. The predicted molar refractivity (Wildman–Crippen MR) is 67.1 cm³/mol. The van der Waals surface area contributed by atoms with Crippen LogP contribution in [0.25, 0.3) is 0 Å². The van der Waals surface area contributed by atoms with Crippen LogP contribution in [0, 0.1) is 17.8 Å². The lowest BCUT2D eigenvalue weighted by Gasteiger charge is -2.33. The van der Waals surface area contributed by atoms with Crippen molar-refractivity contribution in [3.05, 3.63) is 0 Å². The van der Waals surface area contributed by atoms with Gasteiger partial charge in [0.05, 0.1) is 12.1 Å². The predicted octanol–water partition coefficient (Wildman–Crippen LogP) is 1.97. The molecule has 1 aliphatic rings. The Labute approximate surface area is 99.4 Å². The molecule has 3 N–H and O–H groups in total. The van der Waals surface area contributed by atoms with Crippen molar-refractivity contribution in [3.8, 4) is 0 Å². The Morgan fingerprint density at radius 1 is 1.31 bits per heavy atom. The van der Waals surface area contributed by atoms with E-state index in [0.717, 1.165) is 12.3 Å². The molecule has 0 aromatic heterocycles. The van der Waals surface area contributed by atoms with Crippen molar-refractivity contribution in [3.63, 3.8) is 0 Å². The van der Waals surface area contributed by atoms with E-state index in [0.29, 0.717) is 18.1 Å². The van der Waals surface area contributed by atoms with E-state index in [2.05, 4.69) is 20.8 Å². The van der Waals surface area contributed by atoms with Crippen molar-refractivity contribution in [1.82, 2.24) is 0 Å². The molecule has 0 spiro atoms. The first-order valence-electron chi connectivity index (χ1n) is 6.27. The third kappa shape index (κ3) is 6.23. The number of carbonyl (C=O) groups is 1. The third-order valence-corrected chi connectivity index (χ3v) is 3.20. The summed E-state index contributed by atoms with van der Waals surface area (Å²) < 4.78 is 0. The smallest absolute Gasteiger partial charge is 0.136 e. The fourth-order valence-electron chi connectivity index (χ4n) is 2.15. The molecule has 1 aliphatic carbocycles. The molecule has 0 radical (unpaired) electrons. The van der Waals surface area contributed by atoms with Crippen molar-refractivity contribution in [2.75, 3.05) is 0 Å².